The fourth-order valence-corrected chi connectivity index (χ4v) is 1.90. The van der Waals surface area contributed by atoms with Crippen LogP contribution in [0.1, 0.15) is 23.2 Å². The molecule has 1 aliphatic heterocycles. The Morgan fingerprint density at radius 2 is 2.35 bits per heavy atom. The van der Waals surface area contributed by atoms with Gasteiger partial charge in [0.25, 0.3) is 0 Å². The van der Waals surface area contributed by atoms with Gasteiger partial charge in [-0.05, 0) is 31.0 Å². The molecule has 17 heavy (non-hydrogen) atoms. The molecule has 1 saturated heterocycles. The van der Waals surface area contributed by atoms with Crippen molar-refractivity contribution in [3.8, 4) is 0 Å². The van der Waals surface area contributed by atoms with Crippen LogP contribution < -0.4 is 5.73 Å². The number of ether oxygens (including phenoxy) is 2. The fraction of sp³-hybridized carbons (Fsp3) is 0.417. The van der Waals surface area contributed by atoms with Gasteiger partial charge in [0.2, 0.25) is 0 Å². The monoisotopic (exact) mass is 255 g/mol. The first-order valence-corrected chi connectivity index (χ1v) is 5.88. The molecular formula is C12H14ClNO3. The largest absolute Gasteiger partial charge is 0.456 e. The predicted octanol–water partition coefficient (Wildman–Crippen LogP) is 2.26. The van der Waals surface area contributed by atoms with Crippen molar-refractivity contribution in [3.05, 3.63) is 28.8 Å². The second-order valence-corrected chi connectivity index (χ2v) is 4.41. The zero-order valence-electron chi connectivity index (χ0n) is 9.32. The smallest absolute Gasteiger partial charge is 0.340 e. The molecule has 0 saturated carbocycles. The summed E-state index contributed by atoms with van der Waals surface area (Å²) in [6, 6.07) is 4.75. The van der Waals surface area contributed by atoms with E-state index in [4.69, 9.17) is 26.8 Å². The summed E-state index contributed by atoms with van der Waals surface area (Å²) in [5.74, 6) is -0.444. The number of esters is 1. The Morgan fingerprint density at radius 3 is 3.06 bits per heavy atom. The van der Waals surface area contributed by atoms with Gasteiger partial charge in [0.15, 0.2) is 0 Å². The van der Waals surface area contributed by atoms with Crippen LogP contribution in [-0.4, -0.2) is 25.3 Å². The number of nitrogens with two attached hydrogens (primary N) is 1. The van der Waals surface area contributed by atoms with Gasteiger partial charge in [-0.15, -0.1) is 0 Å². The highest BCUT2D eigenvalue weighted by atomic mass is 35.5. The number of anilines is 1. The zero-order valence-corrected chi connectivity index (χ0v) is 10.1. The summed E-state index contributed by atoms with van der Waals surface area (Å²) in [6.07, 6.45) is 1.55. The molecule has 0 spiro atoms. The summed E-state index contributed by atoms with van der Waals surface area (Å²) in [4.78, 5) is 11.9. The highest BCUT2D eigenvalue weighted by Crippen LogP contribution is 2.20. The summed E-state index contributed by atoms with van der Waals surface area (Å²) in [7, 11) is 0. The molecule has 0 bridgehead atoms. The van der Waals surface area contributed by atoms with Crippen LogP contribution in [0.15, 0.2) is 18.2 Å². The molecule has 0 aliphatic carbocycles. The van der Waals surface area contributed by atoms with E-state index in [0.29, 0.717) is 22.9 Å². The number of hydrogen-bond donors (Lipinski definition) is 1. The fourth-order valence-electron chi connectivity index (χ4n) is 1.72. The van der Waals surface area contributed by atoms with E-state index in [0.717, 1.165) is 19.4 Å². The summed E-state index contributed by atoms with van der Waals surface area (Å²) >= 11 is 5.82. The molecular weight excluding hydrogens is 242 g/mol. The maximum atomic E-state index is 11.9. The number of benzene rings is 1. The van der Waals surface area contributed by atoms with Crippen molar-refractivity contribution in [1.29, 1.82) is 0 Å². The quantitative estimate of drug-likeness (QED) is 0.650. The number of rotatable bonds is 2. The summed E-state index contributed by atoms with van der Waals surface area (Å²) in [6.45, 7) is 1.18. The van der Waals surface area contributed by atoms with Gasteiger partial charge in [0.05, 0.1) is 12.2 Å². The predicted molar refractivity (Wildman–Crippen MR) is 65.1 cm³/mol. The van der Waals surface area contributed by atoms with E-state index in [9.17, 15) is 4.79 Å². The molecule has 5 heteroatoms. The van der Waals surface area contributed by atoms with Gasteiger partial charge in [0.1, 0.15) is 6.10 Å². The van der Waals surface area contributed by atoms with Crippen molar-refractivity contribution in [1.82, 2.24) is 0 Å². The van der Waals surface area contributed by atoms with Gasteiger partial charge in [-0.1, -0.05) is 11.6 Å². The third-order valence-electron chi connectivity index (χ3n) is 2.63. The van der Waals surface area contributed by atoms with Crippen molar-refractivity contribution in [2.24, 2.45) is 0 Å². The maximum Gasteiger partial charge on any atom is 0.340 e. The van der Waals surface area contributed by atoms with Crippen LogP contribution in [-0.2, 0) is 9.47 Å². The van der Waals surface area contributed by atoms with Gasteiger partial charge in [-0.3, -0.25) is 0 Å². The van der Waals surface area contributed by atoms with Gasteiger partial charge < -0.3 is 15.2 Å². The molecule has 1 aromatic rings. The Bertz CT molecular complexity index is 416. The summed E-state index contributed by atoms with van der Waals surface area (Å²) in [5.41, 5.74) is 6.38. The molecule has 2 N–H and O–H groups in total. The highest BCUT2D eigenvalue weighted by molar-refractivity contribution is 6.31. The van der Waals surface area contributed by atoms with Gasteiger partial charge in [-0.25, -0.2) is 4.79 Å². The van der Waals surface area contributed by atoms with Crippen LogP contribution in [0.3, 0.4) is 0 Å². The SMILES string of the molecule is Nc1ccc(Cl)cc1C(=O)OC1CCCOC1. The van der Waals surface area contributed by atoms with Gasteiger partial charge in [-0.2, -0.15) is 0 Å². The minimum absolute atomic E-state index is 0.186. The normalized spacial score (nSPS) is 19.9. The molecule has 1 aliphatic rings. The first kappa shape index (κ1) is 12.2. The zero-order chi connectivity index (χ0) is 12.3. The molecule has 1 atom stereocenters. The number of nitrogen functional groups attached to an aromatic ring is 1. The lowest BCUT2D eigenvalue weighted by Gasteiger charge is -2.22. The van der Waals surface area contributed by atoms with Crippen molar-refractivity contribution >= 4 is 23.3 Å². The molecule has 0 aromatic heterocycles. The van der Waals surface area contributed by atoms with Crippen LogP contribution >= 0.6 is 11.6 Å². The van der Waals surface area contributed by atoms with Crippen LogP contribution in [0.25, 0.3) is 0 Å². The van der Waals surface area contributed by atoms with E-state index in [1.807, 2.05) is 0 Å². The summed E-state index contributed by atoms with van der Waals surface area (Å²) < 4.78 is 10.5. The lowest BCUT2D eigenvalue weighted by Crippen LogP contribution is -2.28. The lowest BCUT2D eigenvalue weighted by atomic mass is 10.1. The maximum absolute atomic E-state index is 11.9. The van der Waals surface area contributed by atoms with Crippen molar-refractivity contribution in [2.75, 3.05) is 18.9 Å². The lowest BCUT2D eigenvalue weighted by molar-refractivity contribution is -0.0305. The average molecular weight is 256 g/mol. The van der Waals surface area contributed by atoms with Crippen LogP contribution in [0.4, 0.5) is 5.69 Å². The molecule has 4 nitrogen and oxygen atoms in total. The second-order valence-electron chi connectivity index (χ2n) is 3.98. The van der Waals surface area contributed by atoms with Crippen molar-refractivity contribution in [2.45, 2.75) is 18.9 Å². The van der Waals surface area contributed by atoms with E-state index >= 15 is 0 Å². The standard InChI is InChI=1S/C12H14ClNO3/c13-8-3-4-11(14)10(6-8)12(15)17-9-2-1-5-16-7-9/h3-4,6,9H,1-2,5,7,14H2. The van der Waals surface area contributed by atoms with E-state index in [1.165, 1.54) is 6.07 Å². The molecule has 0 amide bonds. The molecule has 0 radical (unpaired) electrons. The Kier molecular flexibility index (Phi) is 3.86. The van der Waals surface area contributed by atoms with E-state index < -0.39 is 5.97 Å². The first-order valence-electron chi connectivity index (χ1n) is 5.50. The number of halogens is 1. The molecule has 92 valence electrons. The molecule has 1 fully saturated rings. The average Bonchev–Trinajstić information content (AvgIpc) is 2.33. The Hall–Kier alpha value is -1.26. The van der Waals surface area contributed by atoms with Crippen molar-refractivity contribution < 1.29 is 14.3 Å². The first-order chi connectivity index (χ1) is 8.16. The number of carbonyl (C=O) groups excluding carboxylic acids is 1. The minimum atomic E-state index is -0.444. The molecule has 2 rings (SSSR count). The van der Waals surface area contributed by atoms with Crippen LogP contribution in [0.5, 0.6) is 0 Å². The van der Waals surface area contributed by atoms with Crippen molar-refractivity contribution in [3.63, 3.8) is 0 Å². The van der Waals surface area contributed by atoms with E-state index in [1.54, 1.807) is 12.1 Å². The van der Waals surface area contributed by atoms with Crippen LogP contribution in [0, 0.1) is 0 Å². The van der Waals surface area contributed by atoms with Gasteiger partial charge in [0, 0.05) is 17.3 Å². The molecule has 1 aromatic carbocycles. The van der Waals surface area contributed by atoms with Crippen LogP contribution in [0.2, 0.25) is 5.02 Å². The minimum Gasteiger partial charge on any atom is -0.456 e. The Morgan fingerprint density at radius 1 is 1.53 bits per heavy atom. The summed E-state index contributed by atoms with van der Waals surface area (Å²) in [5, 5.41) is 0.464. The Balaban J connectivity index is 2.05. The van der Waals surface area contributed by atoms with E-state index in [2.05, 4.69) is 0 Å². The second kappa shape index (κ2) is 5.38. The third kappa shape index (κ3) is 3.11. The number of carbonyl (C=O) groups is 1. The molecule has 1 heterocycles. The Labute approximate surface area is 105 Å². The van der Waals surface area contributed by atoms with E-state index in [-0.39, 0.29) is 6.10 Å². The highest BCUT2D eigenvalue weighted by Gasteiger charge is 2.20. The topological polar surface area (TPSA) is 61.6 Å². The number of hydrogen-bond acceptors (Lipinski definition) is 4. The van der Waals surface area contributed by atoms with Gasteiger partial charge >= 0.3 is 5.97 Å². The molecule has 1 unspecified atom stereocenters. The third-order valence-corrected chi connectivity index (χ3v) is 2.86.